The van der Waals surface area contributed by atoms with Crippen LogP contribution in [0.1, 0.15) is 5.56 Å². The highest BCUT2D eigenvalue weighted by atomic mass is 127. The Morgan fingerprint density at radius 3 is 2.65 bits per heavy atom. The van der Waals surface area contributed by atoms with Gasteiger partial charge < -0.3 is 4.74 Å². The summed E-state index contributed by atoms with van der Waals surface area (Å²) < 4.78 is 20.4. The van der Waals surface area contributed by atoms with Crippen molar-refractivity contribution in [3.05, 3.63) is 61.1 Å². The van der Waals surface area contributed by atoms with E-state index in [2.05, 4.69) is 38.4 Å². The number of benzene rings is 2. The number of rotatable bonds is 5. The Morgan fingerprint density at radius 2 is 2.00 bits per heavy atom. The lowest BCUT2D eigenvalue weighted by Gasteiger charge is -2.09. The summed E-state index contributed by atoms with van der Waals surface area (Å²) >= 11 is 13.8. The van der Waals surface area contributed by atoms with E-state index in [1.165, 1.54) is 17.5 Å². The van der Waals surface area contributed by atoms with E-state index in [0.29, 0.717) is 36.4 Å². The van der Waals surface area contributed by atoms with Gasteiger partial charge in [0.15, 0.2) is 0 Å². The lowest BCUT2D eigenvalue weighted by atomic mass is 10.2. The van der Waals surface area contributed by atoms with Crippen molar-refractivity contribution in [2.75, 3.05) is 4.72 Å². The van der Waals surface area contributed by atoms with Gasteiger partial charge in [-0.2, -0.15) is 9.81 Å². The van der Waals surface area contributed by atoms with Gasteiger partial charge in [-0.1, -0.05) is 34.5 Å². The van der Waals surface area contributed by atoms with Gasteiger partial charge in [0.25, 0.3) is 0 Å². The third kappa shape index (κ3) is 4.73. The normalized spacial score (nSPS) is 11.7. The van der Waals surface area contributed by atoms with Crippen LogP contribution in [0.25, 0.3) is 0 Å². The van der Waals surface area contributed by atoms with E-state index in [9.17, 15) is 9.81 Å². The number of nitrogens with zero attached hydrogens (tertiary/aromatic N) is 2. The van der Waals surface area contributed by atoms with Gasteiger partial charge in [-0.25, -0.2) is 4.98 Å². The highest BCUT2D eigenvalue weighted by Crippen LogP contribution is 2.32. The summed E-state index contributed by atoms with van der Waals surface area (Å²) in [6.45, 7) is 0. The van der Waals surface area contributed by atoms with Crippen LogP contribution in [0.4, 0.5) is 5.13 Å². The minimum Gasteiger partial charge on any atom is -0.455 e. The average Bonchev–Trinajstić information content (AvgIpc) is 3.02. The molecule has 1 heterocycles. The molecule has 2 N–H and O–H groups in total. The van der Waals surface area contributed by atoms with Crippen molar-refractivity contribution in [3.63, 3.8) is 0 Å². The van der Waals surface area contributed by atoms with E-state index >= 15 is 0 Å². The minimum absolute atomic E-state index is 0.304. The van der Waals surface area contributed by atoms with E-state index < -0.39 is 11.4 Å². The molecule has 0 saturated heterocycles. The lowest BCUT2D eigenvalue weighted by molar-refractivity contribution is 0.477. The summed E-state index contributed by atoms with van der Waals surface area (Å²) in [5, 5.41) is 10.5. The van der Waals surface area contributed by atoms with Crippen LogP contribution in [0.2, 0.25) is 9.36 Å². The van der Waals surface area contributed by atoms with Crippen molar-refractivity contribution >= 4 is 73.6 Å². The highest BCUT2D eigenvalue weighted by Gasteiger charge is 2.24. The van der Waals surface area contributed by atoms with Crippen molar-refractivity contribution in [3.8, 4) is 17.6 Å². The van der Waals surface area contributed by atoms with Gasteiger partial charge in [-0.15, -0.1) is 4.72 Å². The summed E-state index contributed by atoms with van der Waals surface area (Å²) in [5.74, 6) is 0.989. The number of aromatic nitrogens is 1. The fourth-order valence-electron chi connectivity index (χ4n) is 1.93. The zero-order valence-corrected chi connectivity index (χ0v) is 18.0. The Hall–Kier alpha value is -1.22. The molecule has 10 heteroatoms. The largest absolute Gasteiger partial charge is 0.455 e. The molecule has 3 rings (SSSR count). The maximum absolute atomic E-state index is 10.3. The van der Waals surface area contributed by atoms with Crippen LogP contribution >= 0.6 is 57.1 Å². The first-order valence-electron chi connectivity index (χ1n) is 6.94. The second-order valence-electron chi connectivity index (χ2n) is 4.80. The van der Waals surface area contributed by atoms with Crippen LogP contribution in [0.5, 0.6) is 11.5 Å². The van der Waals surface area contributed by atoms with Crippen LogP contribution in [0.3, 0.4) is 0 Å². The van der Waals surface area contributed by atoms with Gasteiger partial charge in [0.05, 0.1) is 15.3 Å². The first-order valence-corrected chi connectivity index (χ1v) is 10.8. The summed E-state index contributed by atoms with van der Waals surface area (Å²) in [6.07, 6.45) is 1.50. The number of nitriles is 1. The number of thiazole rings is 1. The van der Waals surface area contributed by atoms with Crippen molar-refractivity contribution in [1.82, 2.24) is 4.98 Å². The summed E-state index contributed by atoms with van der Waals surface area (Å²) in [5.41, 5.74) is 0.304. The monoisotopic (exact) mass is 536 g/mol. The van der Waals surface area contributed by atoms with Crippen LogP contribution in [-0.4, -0.2) is 9.54 Å². The average molecular weight is 537 g/mol. The number of nitrogens with one attached hydrogen (secondary N) is 1. The third-order valence-electron chi connectivity index (χ3n) is 3.07. The molecule has 132 valence electrons. The molecular formula is C16H9Cl2IN3O2S2+. The van der Waals surface area contributed by atoms with E-state index in [1.807, 2.05) is 0 Å². The maximum Gasteiger partial charge on any atom is 0.305 e. The molecular weight excluding hydrogens is 528 g/mol. The van der Waals surface area contributed by atoms with E-state index in [4.69, 9.17) is 27.9 Å². The quantitative estimate of drug-likeness (QED) is 0.300. The standard InChI is InChI=1S/C16H9Cl2IN3O2S2/c17-10-1-3-14(12(19)6-10)24-13-4-2-11(5-9(13)7-20)26(23)22-16-21-8-15(18)25-16/h1-6,8,23H,(H,21,22)/q+1. The molecule has 5 nitrogen and oxygen atoms in total. The van der Waals surface area contributed by atoms with Gasteiger partial charge in [0, 0.05) is 17.2 Å². The number of hydrogen-bond acceptors (Lipinski definition) is 6. The molecule has 0 saturated carbocycles. The number of hydrogen-bond donors (Lipinski definition) is 2. The molecule has 0 spiro atoms. The Balaban J connectivity index is 1.82. The zero-order chi connectivity index (χ0) is 18.7. The molecule has 0 radical (unpaired) electrons. The molecule has 0 fully saturated rings. The second-order valence-corrected chi connectivity index (χ2v) is 9.31. The van der Waals surface area contributed by atoms with Crippen LogP contribution in [0, 0.1) is 14.9 Å². The van der Waals surface area contributed by atoms with Crippen LogP contribution in [-0.2, 0) is 11.4 Å². The summed E-state index contributed by atoms with van der Waals surface area (Å²) in [4.78, 5) is 4.57. The maximum atomic E-state index is 10.3. The van der Waals surface area contributed by atoms with Gasteiger partial charge in [0.1, 0.15) is 21.9 Å². The molecule has 0 bridgehead atoms. The Morgan fingerprint density at radius 1 is 1.23 bits per heavy atom. The molecule has 0 aliphatic heterocycles. The van der Waals surface area contributed by atoms with Gasteiger partial charge in [-0.3, -0.25) is 0 Å². The highest BCUT2D eigenvalue weighted by molar-refractivity contribution is 14.1. The van der Waals surface area contributed by atoms with Crippen molar-refractivity contribution in [2.24, 2.45) is 0 Å². The van der Waals surface area contributed by atoms with Crippen molar-refractivity contribution in [1.29, 1.82) is 5.26 Å². The van der Waals surface area contributed by atoms with Gasteiger partial charge >= 0.3 is 11.4 Å². The topological polar surface area (TPSA) is 78.2 Å². The molecule has 0 amide bonds. The Labute approximate surface area is 180 Å². The molecule has 26 heavy (non-hydrogen) atoms. The van der Waals surface area contributed by atoms with Crippen molar-refractivity contribution < 1.29 is 9.29 Å². The third-order valence-corrected chi connectivity index (χ3v) is 6.39. The fraction of sp³-hybridized carbons (Fsp3) is 0. The van der Waals surface area contributed by atoms with E-state index in [1.54, 1.807) is 36.4 Å². The Kier molecular flexibility index (Phi) is 6.50. The SMILES string of the molecule is N#Cc1cc([S+](O)Nc2ncc(Cl)s2)ccc1Oc1ccc(Cl)cc1I. The van der Waals surface area contributed by atoms with E-state index in [-0.39, 0.29) is 0 Å². The van der Waals surface area contributed by atoms with Gasteiger partial charge in [0.2, 0.25) is 10.0 Å². The fourth-order valence-corrected chi connectivity index (χ4v) is 4.74. The smallest absolute Gasteiger partial charge is 0.305 e. The predicted molar refractivity (Wildman–Crippen MR) is 114 cm³/mol. The molecule has 0 aliphatic rings. The molecule has 0 aliphatic carbocycles. The zero-order valence-electron chi connectivity index (χ0n) is 12.7. The van der Waals surface area contributed by atoms with Crippen molar-refractivity contribution in [2.45, 2.75) is 4.90 Å². The minimum atomic E-state index is -1.33. The number of ether oxygens (including phenoxy) is 1. The van der Waals surface area contributed by atoms with Gasteiger partial charge in [-0.05, 0) is 46.9 Å². The predicted octanol–water partition coefficient (Wildman–Crippen LogP) is 6.20. The second kappa shape index (κ2) is 8.65. The van der Waals surface area contributed by atoms with Crippen LogP contribution in [0.15, 0.2) is 47.5 Å². The first-order chi connectivity index (χ1) is 12.5. The summed E-state index contributed by atoms with van der Waals surface area (Å²) in [7, 11) is 0. The number of anilines is 1. The first kappa shape index (κ1) is 19.5. The lowest BCUT2D eigenvalue weighted by Crippen LogP contribution is -2.12. The van der Waals surface area contributed by atoms with E-state index in [0.717, 1.165) is 3.57 Å². The molecule has 1 aromatic heterocycles. The number of halogens is 3. The molecule has 1 unspecified atom stereocenters. The molecule has 1 atom stereocenters. The Bertz CT molecular complexity index is 994. The molecule has 2 aromatic carbocycles. The molecule has 3 aromatic rings. The summed E-state index contributed by atoms with van der Waals surface area (Å²) in [6, 6.07) is 12.2. The van der Waals surface area contributed by atoms with Crippen LogP contribution < -0.4 is 9.46 Å².